The highest BCUT2D eigenvalue weighted by Crippen LogP contribution is 2.51. The van der Waals surface area contributed by atoms with Crippen molar-refractivity contribution < 1.29 is 9.53 Å². The monoisotopic (exact) mass is 289 g/mol. The highest BCUT2D eigenvalue weighted by atomic mass is 35.5. The number of hydrogen-bond acceptors (Lipinski definition) is 5. The molecule has 0 unspecified atom stereocenters. The number of ether oxygens (including phenoxy) is 1. The molecule has 6 heteroatoms. The van der Waals surface area contributed by atoms with E-state index >= 15 is 0 Å². The first-order valence-electron chi connectivity index (χ1n) is 6.11. The largest absolute Gasteiger partial charge is 0.468 e. The Bertz CT molecular complexity index is 584. The topological polar surface area (TPSA) is 86.8 Å². The summed E-state index contributed by atoms with van der Waals surface area (Å²) in [7, 11) is 1.25. The first kappa shape index (κ1) is 14.3. The number of esters is 1. The molecule has 1 aromatic rings. The Morgan fingerprint density at radius 3 is 2.55 bits per heavy atom. The predicted molar refractivity (Wildman–Crippen MR) is 70.4 cm³/mol. The number of rotatable bonds is 4. The van der Waals surface area contributed by atoms with Gasteiger partial charge in [0.05, 0.1) is 30.0 Å². The number of nitriles is 2. The second kappa shape index (κ2) is 5.48. The Labute approximate surface area is 121 Å². The Balaban J connectivity index is 2.64. The van der Waals surface area contributed by atoms with Crippen LogP contribution < -0.4 is 0 Å². The van der Waals surface area contributed by atoms with Crippen LogP contribution in [0.25, 0.3) is 0 Å². The molecule has 1 atom stereocenters. The first-order valence-corrected chi connectivity index (χ1v) is 6.48. The third kappa shape index (κ3) is 2.11. The number of hydrogen-bond donors (Lipinski definition) is 0. The molecule has 5 nitrogen and oxygen atoms in total. The lowest BCUT2D eigenvalue weighted by molar-refractivity contribution is -0.149. The molecule has 0 radical (unpaired) electrons. The highest BCUT2D eigenvalue weighted by molar-refractivity contribution is 6.30. The maximum atomic E-state index is 12.4. The van der Waals surface area contributed by atoms with Crippen LogP contribution in [0, 0.1) is 34.5 Å². The van der Waals surface area contributed by atoms with Gasteiger partial charge in [-0.15, -0.1) is 0 Å². The molecule has 1 saturated carbocycles. The van der Waals surface area contributed by atoms with Crippen LogP contribution in [0.2, 0.25) is 5.02 Å². The Kier molecular flexibility index (Phi) is 3.92. The van der Waals surface area contributed by atoms with Crippen molar-refractivity contribution in [1.29, 1.82) is 10.5 Å². The maximum absolute atomic E-state index is 12.4. The predicted octanol–water partition coefficient (Wildman–Crippen LogP) is 2.22. The van der Waals surface area contributed by atoms with E-state index in [0.717, 1.165) is 12.8 Å². The fourth-order valence-corrected chi connectivity index (χ4v) is 2.65. The van der Waals surface area contributed by atoms with E-state index in [1.54, 1.807) is 12.1 Å². The van der Waals surface area contributed by atoms with Gasteiger partial charge in [-0.2, -0.15) is 10.5 Å². The number of carbonyl (C=O) groups excluding carboxylic acids is 1. The van der Waals surface area contributed by atoms with Gasteiger partial charge in [0.15, 0.2) is 5.92 Å². The number of nitrogens with zero attached hydrogens (tertiary/aromatic N) is 3. The lowest BCUT2D eigenvalue weighted by atomic mass is 9.69. The molecule has 1 aliphatic carbocycles. The van der Waals surface area contributed by atoms with Crippen molar-refractivity contribution in [2.75, 3.05) is 7.11 Å². The number of aromatic nitrogens is 1. The van der Waals surface area contributed by atoms with Crippen LogP contribution in [-0.2, 0) is 14.9 Å². The summed E-state index contributed by atoms with van der Waals surface area (Å²) in [6.07, 6.45) is 2.93. The number of halogens is 1. The van der Waals surface area contributed by atoms with E-state index in [4.69, 9.17) is 16.3 Å². The van der Waals surface area contributed by atoms with E-state index in [0.29, 0.717) is 10.7 Å². The van der Waals surface area contributed by atoms with Crippen LogP contribution in [0.5, 0.6) is 0 Å². The van der Waals surface area contributed by atoms with Crippen molar-refractivity contribution >= 4 is 17.6 Å². The Hall–Kier alpha value is -2.11. The summed E-state index contributed by atoms with van der Waals surface area (Å²) < 4.78 is 4.87. The van der Waals surface area contributed by atoms with Gasteiger partial charge in [-0.3, -0.25) is 9.78 Å². The van der Waals surface area contributed by atoms with Crippen LogP contribution in [0.4, 0.5) is 0 Å². The normalized spacial score (nSPS) is 16.9. The third-order valence-corrected chi connectivity index (χ3v) is 3.83. The standard InChI is InChI=1S/C14H12ClN3O2/c1-20-13(19)14(9-2-3-9,10(6-16)7-17)12-5-4-11(15)8-18-12/h4-5,8-10H,2-3H2,1H3/t14-/m1/s1. The Morgan fingerprint density at radius 2 is 2.15 bits per heavy atom. The summed E-state index contributed by atoms with van der Waals surface area (Å²) in [4.78, 5) is 16.5. The molecule has 1 fully saturated rings. The molecule has 102 valence electrons. The fraction of sp³-hybridized carbons (Fsp3) is 0.429. The summed E-state index contributed by atoms with van der Waals surface area (Å²) in [6.45, 7) is 0. The summed E-state index contributed by atoms with van der Waals surface area (Å²) in [6, 6.07) is 6.99. The lowest BCUT2D eigenvalue weighted by Gasteiger charge is -2.31. The van der Waals surface area contributed by atoms with Gasteiger partial charge in [0.25, 0.3) is 0 Å². The molecule has 0 spiro atoms. The molecular formula is C14H12ClN3O2. The Morgan fingerprint density at radius 1 is 1.50 bits per heavy atom. The number of pyridine rings is 1. The molecule has 1 aromatic heterocycles. The van der Waals surface area contributed by atoms with E-state index in [2.05, 4.69) is 4.98 Å². The van der Waals surface area contributed by atoms with Gasteiger partial charge in [0.2, 0.25) is 0 Å². The lowest BCUT2D eigenvalue weighted by Crippen LogP contribution is -2.46. The van der Waals surface area contributed by atoms with Crippen molar-refractivity contribution in [3.8, 4) is 12.1 Å². The average Bonchev–Trinajstić information content (AvgIpc) is 3.30. The fourth-order valence-electron chi connectivity index (χ4n) is 2.54. The molecule has 0 N–H and O–H groups in total. The summed E-state index contributed by atoms with van der Waals surface area (Å²) in [5.74, 6) is -1.84. The molecule has 2 rings (SSSR count). The second-order valence-corrected chi connectivity index (χ2v) is 5.12. The van der Waals surface area contributed by atoms with Gasteiger partial charge < -0.3 is 4.74 Å². The van der Waals surface area contributed by atoms with Crippen LogP contribution >= 0.6 is 11.6 Å². The average molecular weight is 290 g/mol. The molecule has 0 saturated heterocycles. The molecule has 0 bridgehead atoms. The van der Waals surface area contributed by atoms with Crippen LogP contribution in [0.15, 0.2) is 18.3 Å². The SMILES string of the molecule is COC(=O)[C@@](c1ccc(Cl)cn1)(C(C#N)C#N)C1CC1. The van der Waals surface area contributed by atoms with Gasteiger partial charge in [-0.1, -0.05) is 11.6 Å². The smallest absolute Gasteiger partial charge is 0.320 e. The number of methoxy groups -OCH3 is 1. The van der Waals surface area contributed by atoms with Gasteiger partial charge in [0, 0.05) is 6.20 Å². The van der Waals surface area contributed by atoms with E-state index in [9.17, 15) is 15.3 Å². The molecule has 20 heavy (non-hydrogen) atoms. The van der Waals surface area contributed by atoms with Crippen molar-refractivity contribution in [3.05, 3.63) is 29.0 Å². The molecular weight excluding hydrogens is 278 g/mol. The molecule has 0 aliphatic heterocycles. The first-order chi connectivity index (χ1) is 9.60. The summed E-state index contributed by atoms with van der Waals surface area (Å²) >= 11 is 5.81. The minimum atomic E-state index is -1.33. The van der Waals surface area contributed by atoms with Gasteiger partial charge in [0.1, 0.15) is 5.41 Å². The zero-order chi connectivity index (χ0) is 14.8. The van der Waals surface area contributed by atoms with E-state index in [1.165, 1.54) is 13.3 Å². The van der Waals surface area contributed by atoms with Gasteiger partial charge in [-0.05, 0) is 30.9 Å². The van der Waals surface area contributed by atoms with E-state index < -0.39 is 17.3 Å². The zero-order valence-electron chi connectivity index (χ0n) is 10.8. The van der Waals surface area contributed by atoms with Crippen LogP contribution in [0.1, 0.15) is 18.5 Å². The minimum Gasteiger partial charge on any atom is -0.468 e. The van der Waals surface area contributed by atoms with Crippen LogP contribution in [-0.4, -0.2) is 18.1 Å². The minimum absolute atomic E-state index is 0.104. The van der Waals surface area contributed by atoms with Gasteiger partial charge in [-0.25, -0.2) is 0 Å². The van der Waals surface area contributed by atoms with E-state index in [1.807, 2.05) is 12.1 Å². The third-order valence-electron chi connectivity index (χ3n) is 3.61. The van der Waals surface area contributed by atoms with Gasteiger partial charge >= 0.3 is 5.97 Å². The number of carbonyl (C=O) groups is 1. The highest BCUT2D eigenvalue weighted by Gasteiger charge is 2.59. The van der Waals surface area contributed by atoms with Crippen molar-refractivity contribution in [1.82, 2.24) is 4.98 Å². The van der Waals surface area contributed by atoms with Crippen molar-refractivity contribution in [2.24, 2.45) is 11.8 Å². The van der Waals surface area contributed by atoms with Crippen LogP contribution in [0.3, 0.4) is 0 Å². The van der Waals surface area contributed by atoms with Crippen molar-refractivity contribution in [3.63, 3.8) is 0 Å². The quantitative estimate of drug-likeness (QED) is 0.793. The van der Waals surface area contributed by atoms with E-state index in [-0.39, 0.29) is 5.92 Å². The summed E-state index contributed by atoms with van der Waals surface area (Å²) in [5, 5.41) is 19.0. The molecule has 0 aromatic carbocycles. The van der Waals surface area contributed by atoms with Crippen molar-refractivity contribution in [2.45, 2.75) is 18.3 Å². The zero-order valence-corrected chi connectivity index (χ0v) is 11.6. The summed E-state index contributed by atoms with van der Waals surface area (Å²) in [5.41, 5.74) is -0.965. The second-order valence-electron chi connectivity index (χ2n) is 4.69. The maximum Gasteiger partial charge on any atom is 0.320 e. The molecule has 1 heterocycles. The molecule has 0 amide bonds. The molecule has 1 aliphatic rings.